The van der Waals surface area contributed by atoms with E-state index in [2.05, 4.69) is 82.5 Å². The largest absolute Gasteiger partial charge is 0.306 e. The number of rotatable bonds is 0. The van der Waals surface area contributed by atoms with Gasteiger partial charge in [-0.1, -0.05) is 70.0 Å². The van der Waals surface area contributed by atoms with Crippen LogP contribution < -0.4 is 0 Å². The Labute approximate surface area is 146 Å². The highest BCUT2D eigenvalue weighted by Crippen LogP contribution is 2.42. The van der Waals surface area contributed by atoms with E-state index in [1.807, 2.05) is 0 Å². The highest BCUT2D eigenvalue weighted by Gasteiger charge is 2.22. The quantitative estimate of drug-likeness (QED) is 0.602. The minimum absolute atomic E-state index is 1.15. The first-order valence-electron chi connectivity index (χ1n) is 8.21. The molecule has 1 fully saturated rings. The van der Waals surface area contributed by atoms with E-state index < -0.39 is 0 Å². The van der Waals surface area contributed by atoms with E-state index in [1.165, 1.54) is 32.3 Å². The molecule has 4 rings (SSSR count). The van der Waals surface area contributed by atoms with Gasteiger partial charge >= 0.3 is 0 Å². The summed E-state index contributed by atoms with van der Waals surface area (Å²) in [7, 11) is 2.22. The predicted octanol–water partition coefficient (Wildman–Crippen LogP) is 5.42. The Morgan fingerprint density at radius 1 is 0.826 bits per heavy atom. The maximum atomic E-state index is 3.80. The van der Waals surface area contributed by atoms with Gasteiger partial charge in [0.1, 0.15) is 0 Å². The number of piperidine rings is 1. The van der Waals surface area contributed by atoms with Crippen LogP contribution in [0.5, 0.6) is 0 Å². The van der Waals surface area contributed by atoms with Gasteiger partial charge in [0.25, 0.3) is 0 Å². The zero-order valence-electron chi connectivity index (χ0n) is 13.3. The summed E-state index contributed by atoms with van der Waals surface area (Å²) in [4.78, 5) is 2.42. The number of benzene rings is 2. The summed E-state index contributed by atoms with van der Waals surface area (Å²) in [5.41, 5.74) is 8.38. The maximum Gasteiger partial charge on any atom is 0.0260 e. The molecule has 1 heterocycles. The number of halogens is 1. The standard InChI is InChI=1S/C21H20BrN/c1-23-12-10-15(11-13-23)21-17-7-3-2-6-16(17)14-20(22)18-8-4-5-9-19(18)21/h2-9,14H,10-13H2,1H3. The summed E-state index contributed by atoms with van der Waals surface area (Å²) < 4.78 is 1.17. The molecule has 0 unspecified atom stereocenters. The second kappa shape index (κ2) is 6.10. The van der Waals surface area contributed by atoms with E-state index in [0.29, 0.717) is 0 Å². The Hall–Kier alpha value is -1.64. The Kier molecular flexibility index (Phi) is 3.96. The molecule has 0 aromatic heterocycles. The SMILES string of the molecule is CN1CCC(=C2c3ccccc3C=C(Br)c3ccccc32)CC1. The number of likely N-dealkylation sites (tertiary alicyclic amines) is 1. The molecule has 2 aromatic carbocycles. The van der Waals surface area contributed by atoms with Crippen molar-refractivity contribution in [3.8, 4) is 0 Å². The van der Waals surface area contributed by atoms with Gasteiger partial charge in [-0.15, -0.1) is 0 Å². The zero-order valence-corrected chi connectivity index (χ0v) is 14.9. The van der Waals surface area contributed by atoms with Crippen molar-refractivity contribution in [2.45, 2.75) is 12.8 Å². The van der Waals surface area contributed by atoms with E-state index in [-0.39, 0.29) is 0 Å². The van der Waals surface area contributed by atoms with Crippen molar-refractivity contribution < 1.29 is 0 Å². The van der Waals surface area contributed by atoms with Crippen LogP contribution in [0.1, 0.15) is 35.1 Å². The molecule has 2 heteroatoms. The van der Waals surface area contributed by atoms with Crippen molar-refractivity contribution in [2.75, 3.05) is 20.1 Å². The van der Waals surface area contributed by atoms with E-state index in [1.54, 1.807) is 5.57 Å². The van der Waals surface area contributed by atoms with Gasteiger partial charge in [0.2, 0.25) is 0 Å². The highest BCUT2D eigenvalue weighted by atomic mass is 79.9. The minimum atomic E-state index is 1.15. The maximum absolute atomic E-state index is 3.80. The molecular weight excluding hydrogens is 346 g/mol. The smallest absolute Gasteiger partial charge is 0.0260 e. The lowest BCUT2D eigenvalue weighted by molar-refractivity contribution is 0.313. The van der Waals surface area contributed by atoms with Crippen LogP contribution in [0.15, 0.2) is 54.1 Å². The summed E-state index contributed by atoms with van der Waals surface area (Å²) in [5.74, 6) is 0. The molecule has 2 aromatic rings. The molecular formula is C21H20BrN. The first-order chi connectivity index (χ1) is 11.2. The minimum Gasteiger partial charge on any atom is -0.306 e. The van der Waals surface area contributed by atoms with Crippen LogP contribution in [-0.4, -0.2) is 25.0 Å². The molecule has 0 spiro atoms. The van der Waals surface area contributed by atoms with Crippen LogP contribution in [-0.2, 0) is 0 Å². The Morgan fingerprint density at radius 3 is 2.17 bits per heavy atom. The zero-order chi connectivity index (χ0) is 15.8. The van der Waals surface area contributed by atoms with Crippen LogP contribution >= 0.6 is 15.9 Å². The van der Waals surface area contributed by atoms with Crippen LogP contribution in [0.4, 0.5) is 0 Å². The fraction of sp³-hybridized carbons (Fsp3) is 0.238. The monoisotopic (exact) mass is 365 g/mol. The van der Waals surface area contributed by atoms with Gasteiger partial charge in [-0.2, -0.15) is 0 Å². The van der Waals surface area contributed by atoms with Gasteiger partial charge < -0.3 is 4.90 Å². The summed E-state index contributed by atoms with van der Waals surface area (Å²) >= 11 is 3.80. The Balaban J connectivity index is 2.00. The number of hydrogen-bond donors (Lipinski definition) is 0. The van der Waals surface area contributed by atoms with E-state index in [0.717, 1.165) is 25.9 Å². The van der Waals surface area contributed by atoms with Crippen LogP contribution in [0, 0.1) is 0 Å². The molecule has 1 aliphatic heterocycles. The van der Waals surface area contributed by atoms with Gasteiger partial charge in [-0.25, -0.2) is 0 Å². The van der Waals surface area contributed by atoms with Gasteiger partial charge in [-0.05, 0) is 53.8 Å². The number of hydrogen-bond acceptors (Lipinski definition) is 1. The van der Waals surface area contributed by atoms with Crippen LogP contribution in [0.25, 0.3) is 16.1 Å². The van der Waals surface area contributed by atoms with Crippen LogP contribution in [0.2, 0.25) is 0 Å². The van der Waals surface area contributed by atoms with Crippen molar-refractivity contribution in [2.24, 2.45) is 0 Å². The van der Waals surface area contributed by atoms with E-state index in [9.17, 15) is 0 Å². The predicted molar refractivity (Wildman–Crippen MR) is 102 cm³/mol. The lowest BCUT2D eigenvalue weighted by Gasteiger charge is -2.27. The van der Waals surface area contributed by atoms with Crippen molar-refractivity contribution in [3.63, 3.8) is 0 Å². The average molecular weight is 366 g/mol. The molecule has 0 atom stereocenters. The van der Waals surface area contributed by atoms with Crippen molar-refractivity contribution in [1.82, 2.24) is 4.90 Å². The lowest BCUT2D eigenvalue weighted by Crippen LogP contribution is -2.27. The molecule has 1 aliphatic carbocycles. The van der Waals surface area contributed by atoms with Gasteiger partial charge in [0.05, 0.1) is 0 Å². The summed E-state index contributed by atoms with van der Waals surface area (Å²) in [5, 5.41) is 0. The Morgan fingerprint density at radius 2 is 1.43 bits per heavy atom. The molecule has 0 bridgehead atoms. The number of fused-ring (bicyclic) bond motifs is 2. The fourth-order valence-corrected chi connectivity index (χ4v) is 4.23. The second-order valence-corrected chi connectivity index (χ2v) is 7.26. The molecule has 0 N–H and O–H groups in total. The molecule has 2 aliphatic rings. The normalized spacial score (nSPS) is 18.1. The highest BCUT2D eigenvalue weighted by molar-refractivity contribution is 9.15. The fourth-order valence-electron chi connectivity index (χ4n) is 3.64. The topological polar surface area (TPSA) is 3.24 Å². The molecule has 23 heavy (non-hydrogen) atoms. The van der Waals surface area contributed by atoms with Crippen LogP contribution in [0.3, 0.4) is 0 Å². The second-order valence-electron chi connectivity index (χ2n) is 6.41. The molecule has 116 valence electrons. The molecule has 0 amide bonds. The number of nitrogens with zero attached hydrogens (tertiary/aromatic N) is 1. The van der Waals surface area contributed by atoms with E-state index in [4.69, 9.17) is 0 Å². The molecule has 0 saturated carbocycles. The molecule has 0 radical (unpaired) electrons. The first-order valence-corrected chi connectivity index (χ1v) is 9.00. The van der Waals surface area contributed by atoms with Gasteiger partial charge in [-0.3, -0.25) is 0 Å². The summed E-state index contributed by atoms with van der Waals surface area (Å²) in [6, 6.07) is 17.5. The molecule has 1 nitrogen and oxygen atoms in total. The van der Waals surface area contributed by atoms with Gasteiger partial charge in [0, 0.05) is 17.6 Å². The van der Waals surface area contributed by atoms with Crippen molar-refractivity contribution >= 4 is 32.1 Å². The third kappa shape index (κ3) is 2.71. The average Bonchev–Trinajstić information content (AvgIpc) is 2.70. The van der Waals surface area contributed by atoms with Crippen molar-refractivity contribution in [1.29, 1.82) is 0 Å². The summed E-state index contributed by atoms with van der Waals surface area (Å²) in [6.07, 6.45) is 4.58. The summed E-state index contributed by atoms with van der Waals surface area (Å²) in [6.45, 7) is 2.30. The third-order valence-electron chi connectivity index (χ3n) is 4.91. The lowest BCUT2D eigenvalue weighted by atomic mass is 9.86. The third-order valence-corrected chi connectivity index (χ3v) is 5.57. The molecule has 1 saturated heterocycles. The van der Waals surface area contributed by atoms with E-state index >= 15 is 0 Å². The van der Waals surface area contributed by atoms with Crippen molar-refractivity contribution in [3.05, 3.63) is 76.4 Å². The Bertz CT molecular complexity index is 806. The first kappa shape index (κ1) is 14.9. The van der Waals surface area contributed by atoms with Gasteiger partial charge in [0.15, 0.2) is 0 Å².